The molecular formula is C19H34N4O8S. The van der Waals surface area contributed by atoms with Crippen molar-refractivity contribution in [2.75, 3.05) is 12.0 Å². The van der Waals surface area contributed by atoms with Crippen LogP contribution in [0.5, 0.6) is 0 Å². The molecule has 0 aromatic rings. The van der Waals surface area contributed by atoms with Gasteiger partial charge in [-0.15, -0.1) is 0 Å². The molecule has 184 valence electrons. The molecule has 0 aromatic carbocycles. The second-order valence-electron chi connectivity index (χ2n) is 7.68. The Morgan fingerprint density at radius 2 is 1.41 bits per heavy atom. The first kappa shape index (κ1) is 29.6. The van der Waals surface area contributed by atoms with Gasteiger partial charge >= 0.3 is 11.9 Å². The molecule has 0 radical (unpaired) electrons. The van der Waals surface area contributed by atoms with E-state index in [2.05, 4.69) is 16.0 Å². The summed E-state index contributed by atoms with van der Waals surface area (Å²) in [5.74, 6) is -4.71. The molecule has 0 saturated heterocycles. The van der Waals surface area contributed by atoms with Crippen LogP contribution in [0.2, 0.25) is 0 Å². The lowest BCUT2D eigenvalue weighted by molar-refractivity contribution is -0.143. The van der Waals surface area contributed by atoms with E-state index >= 15 is 0 Å². The third-order valence-electron chi connectivity index (χ3n) is 4.54. The lowest BCUT2D eigenvalue weighted by Gasteiger charge is -2.28. The molecule has 0 aromatic heterocycles. The standard InChI is InChI=1S/C19H34N4O8S/c1-9(2)14(22-16(27)11(20)5-6-13(25)26)17(28)23-15(10(3)24)18(29)21-12(19(30)31)7-8-32-4/h9-12,14-15,24H,5-8,20H2,1-4H3,(H,21,29)(H,22,27)(H,23,28)(H,25,26)(H,30,31). The summed E-state index contributed by atoms with van der Waals surface area (Å²) in [5, 5.41) is 35.0. The van der Waals surface area contributed by atoms with Gasteiger partial charge in [-0.25, -0.2) is 4.79 Å². The maximum absolute atomic E-state index is 12.7. The number of hydrogen-bond donors (Lipinski definition) is 7. The van der Waals surface area contributed by atoms with Gasteiger partial charge in [-0.05, 0) is 37.7 Å². The van der Waals surface area contributed by atoms with Crippen molar-refractivity contribution in [1.82, 2.24) is 16.0 Å². The number of nitrogens with two attached hydrogens (primary N) is 1. The number of aliphatic hydroxyl groups is 1. The summed E-state index contributed by atoms with van der Waals surface area (Å²) in [7, 11) is 0. The average Bonchev–Trinajstić information content (AvgIpc) is 2.69. The summed E-state index contributed by atoms with van der Waals surface area (Å²) in [6.45, 7) is 4.52. The number of carboxylic acids is 2. The zero-order chi connectivity index (χ0) is 25.0. The number of amides is 3. The Hall–Kier alpha value is -2.38. The van der Waals surface area contributed by atoms with Crippen molar-refractivity contribution in [3.63, 3.8) is 0 Å². The van der Waals surface area contributed by atoms with Crippen LogP contribution in [0.3, 0.4) is 0 Å². The number of hydrogen-bond acceptors (Lipinski definition) is 8. The third-order valence-corrected chi connectivity index (χ3v) is 5.18. The number of carbonyl (C=O) groups excluding carboxylic acids is 3. The Bertz CT molecular complexity index is 674. The highest BCUT2D eigenvalue weighted by Gasteiger charge is 2.33. The van der Waals surface area contributed by atoms with E-state index in [1.807, 2.05) is 0 Å². The molecule has 0 aliphatic carbocycles. The first-order valence-corrected chi connectivity index (χ1v) is 11.5. The minimum atomic E-state index is -1.46. The molecule has 5 atom stereocenters. The molecule has 0 fully saturated rings. The van der Waals surface area contributed by atoms with Crippen LogP contribution in [-0.2, 0) is 24.0 Å². The highest BCUT2D eigenvalue weighted by Crippen LogP contribution is 2.07. The average molecular weight is 479 g/mol. The molecule has 12 nitrogen and oxygen atoms in total. The summed E-state index contributed by atoms with van der Waals surface area (Å²) in [4.78, 5) is 59.5. The molecule has 0 aliphatic rings. The van der Waals surface area contributed by atoms with Crippen LogP contribution >= 0.6 is 11.8 Å². The van der Waals surface area contributed by atoms with E-state index < -0.39 is 65.8 Å². The fraction of sp³-hybridized carbons (Fsp3) is 0.737. The van der Waals surface area contributed by atoms with Gasteiger partial charge in [0.2, 0.25) is 17.7 Å². The fourth-order valence-corrected chi connectivity index (χ4v) is 3.08. The minimum absolute atomic E-state index is 0.126. The molecular weight excluding hydrogens is 444 g/mol. The van der Waals surface area contributed by atoms with Crippen molar-refractivity contribution in [2.24, 2.45) is 11.7 Å². The summed E-state index contributed by atoms with van der Waals surface area (Å²) >= 11 is 1.40. The maximum Gasteiger partial charge on any atom is 0.326 e. The van der Waals surface area contributed by atoms with Crippen molar-refractivity contribution in [3.05, 3.63) is 0 Å². The van der Waals surface area contributed by atoms with Crippen LogP contribution in [0.25, 0.3) is 0 Å². The van der Waals surface area contributed by atoms with Gasteiger partial charge in [0, 0.05) is 6.42 Å². The SMILES string of the molecule is CSCCC(NC(=O)C(NC(=O)C(NC(=O)C(N)CCC(=O)O)C(C)C)C(C)O)C(=O)O. The number of aliphatic hydroxyl groups excluding tert-OH is 1. The van der Waals surface area contributed by atoms with Crippen molar-refractivity contribution in [3.8, 4) is 0 Å². The Kier molecular flexibility index (Phi) is 13.5. The predicted molar refractivity (Wildman–Crippen MR) is 118 cm³/mol. The molecule has 0 bridgehead atoms. The van der Waals surface area contributed by atoms with Gasteiger partial charge in [-0.1, -0.05) is 13.8 Å². The topological polar surface area (TPSA) is 208 Å². The number of rotatable bonds is 15. The molecule has 0 aliphatic heterocycles. The number of carboxylic acid groups (broad SMARTS) is 2. The largest absolute Gasteiger partial charge is 0.481 e. The van der Waals surface area contributed by atoms with Gasteiger partial charge in [0.05, 0.1) is 12.1 Å². The monoisotopic (exact) mass is 478 g/mol. The lowest BCUT2D eigenvalue weighted by atomic mass is 10.0. The predicted octanol–water partition coefficient (Wildman–Crippen LogP) is -1.49. The Morgan fingerprint density at radius 1 is 0.875 bits per heavy atom. The van der Waals surface area contributed by atoms with Crippen LogP contribution in [0.1, 0.15) is 40.0 Å². The van der Waals surface area contributed by atoms with E-state index in [4.69, 9.17) is 10.8 Å². The van der Waals surface area contributed by atoms with E-state index in [-0.39, 0.29) is 19.3 Å². The first-order valence-electron chi connectivity index (χ1n) is 10.1. The van der Waals surface area contributed by atoms with E-state index in [1.54, 1.807) is 20.1 Å². The van der Waals surface area contributed by atoms with Crippen LogP contribution in [0.15, 0.2) is 0 Å². The van der Waals surface area contributed by atoms with E-state index in [0.717, 1.165) is 0 Å². The van der Waals surface area contributed by atoms with Gasteiger partial charge in [0.1, 0.15) is 18.1 Å². The molecule has 13 heteroatoms. The van der Waals surface area contributed by atoms with E-state index in [9.17, 15) is 34.2 Å². The number of nitrogens with one attached hydrogen (secondary N) is 3. The number of thioether (sulfide) groups is 1. The maximum atomic E-state index is 12.7. The third kappa shape index (κ3) is 10.8. The number of aliphatic carboxylic acids is 2. The second-order valence-corrected chi connectivity index (χ2v) is 8.66. The van der Waals surface area contributed by atoms with E-state index in [0.29, 0.717) is 5.75 Å². The highest BCUT2D eigenvalue weighted by molar-refractivity contribution is 7.98. The molecule has 0 rings (SSSR count). The van der Waals surface area contributed by atoms with Gasteiger partial charge in [0.25, 0.3) is 0 Å². The smallest absolute Gasteiger partial charge is 0.326 e. The fourth-order valence-electron chi connectivity index (χ4n) is 2.61. The molecule has 0 saturated carbocycles. The summed E-state index contributed by atoms with van der Waals surface area (Å²) in [6, 6.07) is -4.93. The normalized spacial score (nSPS) is 15.7. The van der Waals surface area contributed by atoms with Gasteiger partial charge in [0.15, 0.2) is 0 Å². The van der Waals surface area contributed by atoms with Gasteiger partial charge in [-0.2, -0.15) is 11.8 Å². The quantitative estimate of drug-likeness (QED) is 0.145. The lowest BCUT2D eigenvalue weighted by Crippen LogP contribution is -2.60. The summed E-state index contributed by atoms with van der Waals surface area (Å²) in [5.41, 5.74) is 5.67. The van der Waals surface area contributed by atoms with Crippen molar-refractivity contribution in [1.29, 1.82) is 0 Å². The van der Waals surface area contributed by atoms with Crippen molar-refractivity contribution < 1.29 is 39.3 Å². The van der Waals surface area contributed by atoms with Crippen LogP contribution in [-0.4, -0.2) is 87.3 Å². The van der Waals surface area contributed by atoms with Gasteiger partial charge < -0.3 is 37.0 Å². The Morgan fingerprint density at radius 3 is 1.84 bits per heavy atom. The van der Waals surface area contributed by atoms with Crippen molar-refractivity contribution in [2.45, 2.75) is 70.3 Å². The molecule has 8 N–H and O–H groups in total. The zero-order valence-corrected chi connectivity index (χ0v) is 19.5. The zero-order valence-electron chi connectivity index (χ0n) is 18.7. The number of carbonyl (C=O) groups is 5. The van der Waals surface area contributed by atoms with Crippen LogP contribution in [0.4, 0.5) is 0 Å². The van der Waals surface area contributed by atoms with Crippen LogP contribution in [0, 0.1) is 5.92 Å². The van der Waals surface area contributed by atoms with Crippen molar-refractivity contribution >= 4 is 41.4 Å². The first-order chi connectivity index (χ1) is 14.8. The molecule has 3 amide bonds. The molecule has 0 heterocycles. The molecule has 5 unspecified atom stereocenters. The second kappa shape index (κ2) is 14.6. The van der Waals surface area contributed by atoms with Gasteiger partial charge in [-0.3, -0.25) is 19.2 Å². The molecule has 32 heavy (non-hydrogen) atoms. The summed E-state index contributed by atoms with van der Waals surface area (Å²) in [6.07, 6.45) is 0.141. The molecule has 0 spiro atoms. The minimum Gasteiger partial charge on any atom is -0.481 e. The Balaban J connectivity index is 5.27. The van der Waals surface area contributed by atoms with Crippen LogP contribution < -0.4 is 21.7 Å². The summed E-state index contributed by atoms with van der Waals surface area (Å²) < 4.78 is 0. The van der Waals surface area contributed by atoms with E-state index in [1.165, 1.54) is 18.7 Å². The Labute approximate surface area is 191 Å². The highest BCUT2D eigenvalue weighted by atomic mass is 32.2.